The fourth-order valence-corrected chi connectivity index (χ4v) is 1.73. The van der Waals surface area contributed by atoms with Gasteiger partial charge >= 0.3 is 8.25 Å². The summed E-state index contributed by atoms with van der Waals surface area (Å²) in [4.78, 5) is 8.58. The van der Waals surface area contributed by atoms with Crippen LogP contribution in [0.25, 0.3) is 0 Å². The predicted octanol–water partition coefficient (Wildman–Crippen LogP) is 3.29. The van der Waals surface area contributed by atoms with Crippen LogP contribution >= 0.6 is 8.25 Å². The first-order chi connectivity index (χ1) is 8.74. The second-order valence-corrected chi connectivity index (χ2v) is 4.23. The molecule has 0 spiro atoms. The van der Waals surface area contributed by atoms with E-state index in [1.54, 1.807) is 24.3 Å². The van der Waals surface area contributed by atoms with Crippen LogP contribution in [0.5, 0.6) is 11.5 Å². The molecule has 1 N–H and O–H groups in total. The first kappa shape index (κ1) is 12.6. The standard InChI is InChI=1S/C13H11O4P/c14-18(15)17-13-8-6-12(7-9-13)16-10-11-4-2-1-3-5-11/h1-9H,10H2/p+1. The van der Waals surface area contributed by atoms with Crippen molar-refractivity contribution in [2.75, 3.05) is 0 Å². The first-order valence-electron chi connectivity index (χ1n) is 5.35. The van der Waals surface area contributed by atoms with Gasteiger partial charge in [-0.1, -0.05) is 30.3 Å². The molecule has 2 rings (SSSR count). The molecule has 0 fully saturated rings. The Balaban J connectivity index is 1.92. The minimum Gasteiger partial charge on any atom is -0.489 e. The minimum absolute atomic E-state index is 0.339. The molecular formula is C13H12O4P+. The van der Waals surface area contributed by atoms with E-state index in [4.69, 9.17) is 9.63 Å². The zero-order chi connectivity index (χ0) is 12.8. The Morgan fingerprint density at radius 2 is 1.56 bits per heavy atom. The van der Waals surface area contributed by atoms with Gasteiger partial charge in [-0.25, -0.2) is 4.52 Å². The lowest BCUT2D eigenvalue weighted by atomic mass is 10.2. The van der Waals surface area contributed by atoms with Gasteiger partial charge in [-0.15, -0.1) is 4.89 Å². The topological polar surface area (TPSA) is 55.8 Å². The molecule has 0 amide bonds. The van der Waals surface area contributed by atoms with Gasteiger partial charge in [-0.05, 0) is 29.8 Å². The normalized spacial score (nSPS) is 10.8. The molecule has 0 heterocycles. The molecule has 92 valence electrons. The van der Waals surface area contributed by atoms with Crippen molar-refractivity contribution >= 4 is 8.25 Å². The molecule has 0 aromatic heterocycles. The van der Waals surface area contributed by atoms with Crippen molar-refractivity contribution in [1.29, 1.82) is 0 Å². The second-order valence-electron chi connectivity index (χ2n) is 3.57. The lowest BCUT2D eigenvalue weighted by Crippen LogP contribution is -1.94. The highest BCUT2D eigenvalue weighted by molar-refractivity contribution is 7.32. The third-order valence-electron chi connectivity index (χ3n) is 2.26. The van der Waals surface area contributed by atoms with Crippen LogP contribution in [0.15, 0.2) is 54.6 Å². The summed E-state index contributed by atoms with van der Waals surface area (Å²) in [5, 5.41) is 0. The maximum absolute atomic E-state index is 10.5. The predicted molar refractivity (Wildman–Crippen MR) is 67.7 cm³/mol. The van der Waals surface area contributed by atoms with E-state index in [9.17, 15) is 4.57 Å². The van der Waals surface area contributed by atoms with Crippen LogP contribution in [0.4, 0.5) is 0 Å². The Hall–Kier alpha value is -1.90. The van der Waals surface area contributed by atoms with Crippen LogP contribution in [0.1, 0.15) is 5.56 Å². The molecule has 0 radical (unpaired) electrons. The van der Waals surface area contributed by atoms with Crippen molar-refractivity contribution in [3.63, 3.8) is 0 Å². The highest BCUT2D eigenvalue weighted by Crippen LogP contribution is 2.25. The molecule has 4 nitrogen and oxygen atoms in total. The van der Waals surface area contributed by atoms with Gasteiger partial charge in [0.1, 0.15) is 12.4 Å². The average molecular weight is 263 g/mol. The summed E-state index contributed by atoms with van der Waals surface area (Å²) in [5.74, 6) is 1.02. The molecule has 0 saturated heterocycles. The number of ether oxygens (including phenoxy) is 1. The monoisotopic (exact) mass is 263 g/mol. The van der Waals surface area contributed by atoms with E-state index in [2.05, 4.69) is 4.52 Å². The van der Waals surface area contributed by atoms with Crippen molar-refractivity contribution in [2.45, 2.75) is 6.61 Å². The van der Waals surface area contributed by atoms with Gasteiger partial charge in [0.25, 0.3) is 0 Å². The van der Waals surface area contributed by atoms with Gasteiger partial charge in [0.2, 0.25) is 0 Å². The van der Waals surface area contributed by atoms with Crippen LogP contribution in [0.2, 0.25) is 0 Å². The highest BCUT2D eigenvalue weighted by Gasteiger charge is 2.13. The molecule has 1 unspecified atom stereocenters. The lowest BCUT2D eigenvalue weighted by Gasteiger charge is -2.05. The molecule has 0 bridgehead atoms. The van der Waals surface area contributed by atoms with Gasteiger partial charge in [-0.2, -0.15) is 0 Å². The Bertz CT molecular complexity index is 510. The minimum atomic E-state index is -2.62. The summed E-state index contributed by atoms with van der Waals surface area (Å²) in [6.45, 7) is 0.481. The molecule has 2 aromatic carbocycles. The van der Waals surface area contributed by atoms with E-state index in [0.717, 1.165) is 5.56 Å². The summed E-state index contributed by atoms with van der Waals surface area (Å²) in [6, 6.07) is 16.4. The van der Waals surface area contributed by atoms with E-state index in [1.165, 1.54) is 0 Å². The van der Waals surface area contributed by atoms with Crippen LogP contribution < -0.4 is 9.26 Å². The van der Waals surface area contributed by atoms with E-state index >= 15 is 0 Å². The quantitative estimate of drug-likeness (QED) is 0.841. The van der Waals surface area contributed by atoms with Crippen LogP contribution in [-0.2, 0) is 11.2 Å². The van der Waals surface area contributed by atoms with E-state index in [-0.39, 0.29) is 0 Å². The third kappa shape index (κ3) is 3.84. The molecule has 5 heteroatoms. The zero-order valence-electron chi connectivity index (χ0n) is 9.52. The number of hydrogen-bond acceptors (Lipinski definition) is 3. The van der Waals surface area contributed by atoms with E-state index in [0.29, 0.717) is 18.1 Å². The molecule has 0 aliphatic heterocycles. The molecular weight excluding hydrogens is 251 g/mol. The Morgan fingerprint density at radius 1 is 0.944 bits per heavy atom. The van der Waals surface area contributed by atoms with Crippen LogP contribution in [-0.4, -0.2) is 4.89 Å². The summed E-state index contributed by atoms with van der Waals surface area (Å²) < 4.78 is 20.7. The fourth-order valence-electron chi connectivity index (χ4n) is 1.43. The maximum Gasteiger partial charge on any atom is 0.747 e. The Kier molecular flexibility index (Phi) is 4.29. The summed E-state index contributed by atoms with van der Waals surface area (Å²) in [6.07, 6.45) is 0. The molecule has 0 saturated carbocycles. The lowest BCUT2D eigenvalue weighted by molar-refractivity contribution is 0.306. The maximum atomic E-state index is 10.5. The van der Waals surface area contributed by atoms with Gasteiger partial charge in [0.15, 0.2) is 5.75 Å². The smallest absolute Gasteiger partial charge is 0.489 e. The average Bonchev–Trinajstić information content (AvgIpc) is 2.38. The van der Waals surface area contributed by atoms with Crippen molar-refractivity contribution in [2.24, 2.45) is 0 Å². The molecule has 2 aromatic rings. The summed E-state index contributed by atoms with van der Waals surface area (Å²) >= 11 is 0. The summed E-state index contributed by atoms with van der Waals surface area (Å²) in [5.41, 5.74) is 1.08. The molecule has 18 heavy (non-hydrogen) atoms. The zero-order valence-corrected chi connectivity index (χ0v) is 10.4. The van der Waals surface area contributed by atoms with Crippen molar-refractivity contribution in [3.05, 3.63) is 60.2 Å². The Morgan fingerprint density at radius 3 is 2.17 bits per heavy atom. The van der Waals surface area contributed by atoms with Crippen molar-refractivity contribution in [3.8, 4) is 11.5 Å². The van der Waals surface area contributed by atoms with Gasteiger partial charge in [0, 0.05) is 4.57 Å². The number of hydrogen-bond donors (Lipinski definition) is 1. The van der Waals surface area contributed by atoms with Gasteiger partial charge in [-0.3, -0.25) is 0 Å². The van der Waals surface area contributed by atoms with Crippen molar-refractivity contribution in [1.82, 2.24) is 0 Å². The largest absolute Gasteiger partial charge is 0.747 e. The fraction of sp³-hybridized carbons (Fsp3) is 0.0769. The SMILES string of the molecule is O=[P+](O)Oc1ccc(OCc2ccccc2)cc1. The van der Waals surface area contributed by atoms with E-state index in [1.807, 2.05) is 30.3 Å². The van der Waals surface area contributed by atoms with E-state index < -0.39 is 8.25 Å². The molecule has 0 aliphatic carbocycles. The third-order valence-corrected chi connectivity index (χ3v) is 2.62. The summed E-state index contributed by atoms with van der Waals surface area (Å²) in [7, 11) is -2.62. The number of rotatable bonds is 5. The van der Waals surface area contributed by atoms with Crippen molar-refractivity contribution < 1.29 is 18.7 Å². The highest BCUT2D eigenvalue weighted by atomic mass is 31.1. The number of benzene rings is 2. The molecule has 1 atom stereocenters. The molecule has 0 aliphatic rings. The Labute approximate surface area is 106 Å². The van der Waals surface area contributed by atoms with Crippen LogP contribution in [0, 0.1) is 0 Å². The first-order valence-corrected chi connectivity index (χ1v) is 6.48. The van der Waals surface area contributed by atoms with Crippen LogP contribution in [0.3, 0.4) is 0 Å². The second kappa shape index (κ2) is 6.15. The van der Waals surface area contributed by atoms with Gasteiger partial charge in [0.05, 0.1) is 0 Å². The van der Waals surface area contributed by atoms with Gasteiger partial charge < -0.3 is 4.74 Å².